The highest BCUT2D eigenvalue weighted by Gasteiger charge is 2.56. The summed E-state index contributed by atoms with van der Waals surface area (Å²) in [5.41, 5.74) is 10.4. The number of hydrogen-bond donors (Lipinski definition) is 0. The Balaban J connectivity index is 1.21. The molecule has 0 fully saturated rings. The van der Waals surface area contributed by atoms with Gasteiger partial charge in [0.1, 0.15) is 29.4 Å². The van der Waals surface area contributed by atoms with Crippen molar-refractivity contribution in [1.82, 2.24) is 0 Å². The van der Waals surface area contributed by atoms with E-state index in [0.29, 0.717) is 0 Å². The van der Waals surface area contributed by atoms with Crippen LogP contribution in [0, 0.1) is 34.0 Å². The summed E-state index contributed by atoms with van der Waals surface area (Å²) in [4.78, 5) is 6.97. The number of nitriles is 3. The zero-order valence-corrected chi connectivity index (χ0v) is 58.8. The highest BCUT2D eigenvalue weighted by atomic mass is 32.1. The molecule has 0 saturated carbocycles. The number of hydrogen-bond acceptors (Lipinski definition) is 7. The van der Waals surface area contributed by atoms with Crippen LogP contribution in [0.5, 0.6) is 0 Å². The van der Waals surface area contributed by atoms with Crippen LogP contribution in [0.3, 0.4) is 0 Å². The summed E-state index contributed by atoms with van der Waals surface area (Å²) in [5.74, 6) is 0.0733. The molecule has 0 bridgehead atoms. The zero-order chi connectivity index (χ0) is 63.7. The molecule has 0 atom stereocenters. The Labute approximate surface area is 554 Å². The lowest BCUT2D eigenvalue weighted by Crippen LogP contribution is -2.74. The Bertz CT molecular complexity index is 3970. The number of aryl methyl sites for hydroxylation is 4. The van der Waals surface area contributed by atoms with Crippen molar-refractivity contribution in [2.75, 3.05) is 19.0 Å². The van der Waals surface area contributed by atoms with E-state index in [1.54, 1.807) is 11.3 Å². The van der Waals surface area contributed by atoms with E-state index in [1.165, 1.54) is 203 Å². The smallest absolute Gasteiger partial charge is 0.181 e. The van der Waals surface area contributed by atoms with Crippen LogP contribution < -0.4 is 46.4 Å². The van der Waals surface area contributed by atoms with Gasteiger partial charge in [-0.1, -0.05) is 232 Å². The van der Waals surface area contributed by atoms with Crippen LogP contribution in [0.1, 0.15) is 182 Å². The minimum atomic E-state index is -3.26. The Morgan fingerprint density at radius 2 is 0.868 bits per heavy atom. The standard InChI is InChI=1S/C82H90N4OS2Si2/c1-9-13-17-21-25-58-32-43-66(44-33-58)90(67-45-34-59(35-46-67)26-22-18-14-10-2)74-53-71-75(52-70(74)80-76(90)51-65(88-80)42-31-62-29-40-64(41-30-62)86(7)8)91(68-47-36-60(37-48-68)27-23-19-15-11-3,69-49-38-61(39-50-69)28-24-20-16-12-4)77-54-73(89-81(71)77)78-72(57-85)79(63(55-83)56-84)87-82(78,5)6/h29-54H,9-28H2,1-8H3/b42-31+. The number of thiophene rings is 2. The van der Waals surface area contributed by atoms with Gasteiger partial charge in [0, 0.05) is 44.9 Å². The monoisotopic (exact) mass is 1270 g/mol. The molecule has 2 aromatic heterocycles. The van der Waals surface area contributed by atoms with E-state index in [-0.39, 0.29) is 16.9 Å². The van der Waals surface area contributed by atoms with Gasteiger partial charge in [-0.2, -0.15) is 15.8 Å². The quantitative estimate of drug-likeness (QED) is 0.0277. The summed E-state index contributed by atoms with van der Waals surface area (Å²) < 4.78 is 6.59. The van der Waals surface area contributed by atoms with E-state index in [9.17, 15) is 15.8 Å². The molecule has 0 amide bonds. The summed E-state index contributed by atoms with van der Waals surface area (Å²) in [6.07, 6.45) is 28.5. The molecule has 5 nitrogen and oxygen atoms in total. The highest BCUT2D eigenvalue weighted by Crippen LogP contribution is 2.49. The average molecular weight is 1270 g/mol. The molecule has 91 heavy (non-hydrogen) atoms. The maximum atomic E-state index is 11.2. The maximum absolute atomic E-state index is 11.2. The molecule has 0 N–H and O–H groups in total. The highest BCUT2D eigenvalue weighted by molar-refractivity contribution is 7.30. The van der Waals surface area contributed by atoms with Crippen molar-refractivity contribution in [3.8, 4) is 39.1 Å². The van der Waals surface area contributed by atoms with E-state index in [2.05, 4.69) is 223 Å². The number of rotatable bonds is 28. The molecule has 0 radical (unpaired) electrons. The minimum Gasteiger partial charge on any atom is -0.479 e. The number of unbranched alkanes of at least 4 members (excludes halogenated alkanes) is 12. The van der Waals surface area contributed by atoms with Crippen molar-refractivity contribution in [1.29, 1.82) is 15.8 Å². The van der Waals surface area contributed by atoms with E-state index in [0.717, 1.165) is 36.1 Å². The Kier molecular flexibility index (Phi) is 20.7. The number of allylic oxidation sites excluding steroid dienone is 2. The number of ether oxygens (including phenoxy) is 1. The molecule has 0 spiro atoms. The fraction of sp³-hybridized carbons (Fsp3) is 0.354. The second-order valence-corrected chi connectivity index (χ2v) is 36.0. The Hall–Kier alpha value is -7.56. The van der Waals surface area contributed by atoms with Crippen molar-refractivity contribution in [3.05, 3.63) is 200 Å². The van der Waals surface area contributed by atoms with Gasteiger partial charge in [0.15, 0.2) is 27.5 Å². The SMILES string of the molecule is CCCCCCc1ccc([Si]2(c3ccc(CCCCCC)cc3)c3cc4c(cc3-c3sc(/C=C/c5ccc(N(C)C)cc5)cc32)[Si](c2ccc(CCCCCC)cc2)(c2ccc(CCCCCC)cc2)c2cc(C3=C(C#N)C(=C(C#N)C#N)OC3(C)C)sc2-4)cc1. The molecular weight excluding hydrogens is 1180 g/mol. The summed E-state index contributed by atoms with van der Waals surface area (Å²) in [7, 11) is -2.19. The van der Waals surface area contributed by atoms with Crippen LogP contribution in [0.2, 0.25) is 0 Å². The van der Waals surface area contributed by atoms with Crippen molar-refractivity contribution in [3.63, 3.8) is 0 Å². The summed E-state index contributed by atoms with van der Waals surface area (Å²) in [5, 5.41) is 42.8. The van der Waals surface area contributed by atoms with Gasteiger partial charge in [-0.3, -0.25) is 0 Å². The number of benzene rings is 6. The van der Waals surface area contributed by atoms with E-state index in [4.69, 9.17) is 4.74 Å². The van der Waals surface area contributed by atoms with E-state index < -0.39 is 21.7 Å². The normalized spacial score (nSPS) is 14.6. The van der Waals surface area contributed by atoms with Gasteiger partial charge in [-0.05, 0) is 176 Å². The largest absolute Gasteiger partial charge is 0.479 e. The number of anilines is 1. The van der Waals surface area contributed by atoms with Gasteiger partial charge in [-0.25, -0.2) is 0 Å². The molecule has 11 rings (SSSR count). The molecule has 464 valence electrons. The molecule has 0 unspecified atom stereocenters. The van der Waals surface area contributed by atoms with Gasteiger partial charge in [0.05, 0.1) is 0 Å². The van der Waals surface area contributed by atoms with Gasteiger partial charge >= 0.3 is 0 Å². The fourth-order valence-corrected chi connectivity index (χ4v) is 28.7. The molecule has 8 aromatic rings. The van der Waals surface area contributed by atoms with Crippen LogP contribution >= 0.6 is 22.7 Å². The predicted molar refractivity (Wildman–Crippen MR) is 394 cm³/mol. The van der Waals surface area contributed by atoms with Crippen molar-refractivity contribution < 1.29 is 4.74 Å². The Morgan fingerprint density at radius 3 is 1.24 bits per heavy atom. The lowest BCUT2D eigenvalue weighted by atomic mass is 9.94. The lowest BCUT2D eigenvalue weighted by molar-refractivity contribution is 0.109. The first-order chi connectivity index (χ1) is 44.4. The molecule has 5 heterocycles. The second kappa shape index (κ2) is 28.9. The van der Waals surface area contributed by atoms with Crippen molar-refractivity contribution in [2.45, 2.75) is 176 Å². The van der Waals surface area contributed by atoms with Crippen molar-refractivity contribution >= 4 is 104 Å². The molecule has 0 saturated heterocycles. The van der Waals surface area contributed by atoms with Gasteiger partial charge in [0.25, 0.3) is 0 Å². The van der Waals surface area contributed by atoms with Crippen LogP contribution in [0.25, 0.3) is 38.6 Å². The third-order valence-electron chi connectivity index (χ3n) is 19.7. The summed E-state index contributed by atoms with van der Waals surface area (Å²) in [6.45, 7) is 13.1. The third kappa shape index (κ3) is 12.8. The Morgan fingerprint density at radius 1 is 0.473 bits per heavy atom. The fourth-order valence-electron chi connectivity index (χ4n) is 14.8. The first-order valence-electron chi connectivity index (χ1n) is 34.1. The van der Waals surface area contributed by atoms with Gasteiger partial charge in [0.2, 0.25) is 0 Å². The number of nitrogens with zero attached hydrogens (tertiary/aromatic N) is 4. The van der Waals surface area contributed by atoms with Crippen LogP contribution in [0.4, 0.5) is 5.69 Å². The van der Waals surface area contributed by atoms with E-state index >= 15 is 0 Å². The first-order valence-corrected chi connectivity index (χ1v) is 39.7. The first kappa shape index (κ1) is 65.0. The van der Waals surface area contributed by atoms with E-state index in [1.807, 2.05) is 25.2 Å². The summed E-state index contributed by atoms with van der Waals surface area (Å²) >= 11 is 3.72. The summed E-state index contributed by atoms with van der Waals surface area (Å²) in [6, 6.07) is 65.4. The minimum absolute atomic E-state index is 0.0733. The van der Waals surface area contributed by atoms with Gasteiger partial charge < -0.3 is 9.64 Å². The van der Waals surface area contributed by atoms with Crippen LogP contribution in [-0.2, 0) is 30.4 Å². The molecule has 0 aliphatic carbocycles. The second-order valence-electron chi connectivity index (χ2n) is 26.4. The molecule has 3 aliphatic heterocycles. The number of fused-ring (bicyclic) bond motifs is 6. The lowest BCUT2D eigenvalue weighted by Gasteiger charge is -2.33. The van der Waals surface area contributed by atoms with Crippen LogP contribution in [-0.4, -0.2) is 35.8 Å². The molecular formula is C82H90N4OS2Si2. The molecule has 6 aromatic carbocycles. The molecule has 3 aliphatic rings. The van der Waals surface area contributed by atoms with Crippen LogP contribution in [0.15, 0.2) is 162 Å². The van der Waals surface area contributed by atoms with Gasteiger partial charge in [-0.15, -0.1) is 22.7 Å². The third-order valence-corrected chi connectivity index (χ3v) is 32.0. The van der Waals surface area contributed by atoms with Crippen molar-refractivity contribution in [2.24, 2.45) is 0 Å². The topological polar surface area (TPSA) is 83.8 Å². The maximum Gasteiger partial charge on any atom is 0.181 e. The predicted octanol–water partition coefficient (Wildman–Crippen LogP) is 16.6. The average Bonchev–Trinajstić information content (AvgIpc) is 1.50. The zero-order valence-electron chi connectivity index (χ0n) is 55.2. The molecule has 9 heteroatoms.